The number of carbonyl (C=O) groups excluding carboxylic acids is 2. The highest BCUT2D eigenvalue weighted by Gasteiger charge is 2.40. The zero-order chi connectivity index (χ0) is 18.8. The maximum absolute atomic E-state index is 12.9. The molecule has 0 saturated heterocycles. The average Bonchev–Trinajstić information content (AvgIpc) is 2.87. The van der Waals surface area contributed by atoms with E-state index in [2.05, 4.69) is 5.32 Å². The molecular formula is C21H22N2O3. The molecule has 0 saturated carbocycles. The lowest BCUT2D eigenvalue weighted by Crippen LogP contribution is -2.38. The summed E-state index contributed by atoms with van der Waals surface area (Å²) in [6, 6.07) is 14.6. The molecule has 0 aromatic heterocycles. The molecule has 1 heterocycles. The number of ether oxygens (including phenoxy) is 1. The first kappa shape index (κ1) is 17.7. The zero-order valence-electron chi connectivity index (χ0n) is 15.4. The molecule has 26 heavy (non-hydrogen) atoms. The zero-order valence-corrected chi connectivity index (χ0v) is 15.4. The van der Waals surface area contributed by atoms with Crippen LogP contribution in [-0.2, 0) is 9.59 Å². The third kappa shape index (κ3) is 3.20. The van der Waals surface area contributed by atoms with Gasteiger partial charge in [-0.05, 0) is 50.6 Å². The molecule has 5 heteroatoms. The van der Waals surface area contributed by atoms with Gasteiger partial charge in [0.2, 0.25) is 0 Å². The minimum absolute atomic E-state index is 0.217. The maximum atomic E-state index is 12.9. The van der Waals surface area contributed by atoms with Crippen molar-refractivity contribution in [2.75, 3.05) is 12.4 Å². The molecule has 0 unspecified atom stereocenters. The molecule has 0 radical (unpaired) electrons. The fraction of sp³-hybridized carbons (Fsp3) is 0.238. The summed E-state index contributed by atoms with van der Waals surface area (Å²) in [5.41, 5.74) is 3.25. The Bertz CT molecular complexity index is 865. The smallest absolute Gasteiger partial charge is 0.278 e. The molecule has 0 aliphatic carbocycles. The number of hydrogen-bond acceptors (Lipinski definition) is 4. The van der Waals surface area contributed by atoms with Crippen molar-refractivity contribution in [3.8, 4) is 5.75 Å². The maximum Gasteiger partial charge on any atom is 0.278 e. The standard InChI is InChI=1S/C21H22N2O3/c1-13(2)23-20(24)18(15-7-5-14(3)6-8-15)19(21(23)25)22-16-9-11-17(26-4)12-10-16/h5-13,22H,1-4H3. The monoisotopic (exact) mass is 350 g/mol. The largest absolute Gasteiger partial charge is 0.497 e. The third-order valence-electron chi connectivity index (χ3n) is 4.33. The second-order valence-corrected chi connectivity index (χ2v) is 6.54. The van der Waals surface area contributed by atoms with Crippen molar-refractivity contribution in [3.63, 3.8) is 0 Å². The van der Waals surface area contributed by atoms with Crippen molar-refractivity contribution >= 4 is 23.1 Å². The molecule has 0 fully saturated rings. The molecule has 2 aromatic carbocycles. The molecule has 0 atom stereocenters. The first-order chi connectivity index (χ1) is 12.4. The molecule has 5 nitrogen and oxygen atoms in total. The topological polar surface area (TPSA) is 58.6 Å². The predicted molar refractivity (Wildman–Crippen MR) is 102 cm³/mol. The Morgan fingerprint density at radius 1 is 0.923 bits per heavy atom. The van der Waals surface area contributed by atoms with Crippen LogP contribution in [0.1, 0.15) is 25.0 Å². The van der Waals surface area contributed by atoms with Gasteiger partial charge < -0.3 is 10.1 Å². The van der Waals surface area contributed by atoms with Crippen LogP contribution in [-0.4, -0.2) is 29.9 Å². The van der Waals surface area contributed by atoms with Gasteiger partial charge in [0.05, 0.1) is 12.7 Å². The van der Waals surface area contributed by atoms with Crippen LogP contribution in [0.2, 0.25) is 0 Å². The average molecular weight is 350 g/mol. The van der Waals surface area contributed by atoms with E-state index in [9.17, 15) is 9.59 Å². The summed E-state index contributed by atoms with van der Waals surface area (Å²) in [5, 5.41) is 3.13. The summed E-state index contributed by atoms with van der Waals surface area (Å²) in [5.74, 6) is 0.141. The SMILES string of the molecule is COc1ccc(NC2=C(c3ccc(C)cc3)C(=O)N(C(C)C)C2=O)cc1. The van der Waals surface area contributed by atoms with Gasteiger partial charge in [0, 0.05) is 11.7 Å². The van der Waals surface area contributed by atoms with E-state index in [0.717, 1.165) is 22.6 Å². The normalized spacial score (nSPS) is 14.4. The molecule has 1 N–H and O–H groups in total. The number of anilines is 1. The van der Waals surface area contributed by atoms with E-state index < -0.39 is 0 Å². The molecule has 1 aliphatic heterocycles. The van der Waals surface area contributed by atoms with Gasteiger partial charge in [0.25, 0.3) is 11.8 Å². The van der Waals surface area contributed by atoms with Crippen LogP contribution in [0, 0.1) is 6.92 Å². The van der Waals surface area contributed by atoms with E-state index in [-0.39, 0.29) is 17.9 Å². The van der Waals surface area contributed by atoms with Gasteiger partial charge in [-0.2, -0.15) is 0 Å². The van der Waals surface area contributed by atoms with Gasteiger partial charge in [-0.3, -0.25) is 14.5 Å². The lowest BCUT2D eigenvalue weighted by atomic mass is 10.0. The summed E-state index contributed by atoms with van der Waals surface area (Å²) in [6.45, 7) is 5.65. The highest BCUT2D eigenvalue weighted by atomic mass is 16.5. The Morgan fingerprint density at radius 3 is 2.08 bits per heavy atom. The van der Waals surface area contributed by atoms with Crippen molar-refractivity contribution in [1.82, 2.24) is 4.90 Å². The number of nitrogens with zero attached hydrogens (tertiary/aromatic N) is 1. The number of hydrogen-bond donors (Lipinski definition) is 1. The van der Waals surface area contributed by atoms with Crippen molar-refractivity contribution in [3.05, 3.63) is 65.4 Å². The first-order valence-electron chi connectivity index (χ1n) is 8.52. The van der Waals surface area contributed by atoms with E-state index in [1.165, 1.54) is 4.90 Å². The number of rotatable bonds is 5. The summed E-state index contributed by atoms with van der Waals surface area (Å²) in [6.07, 6.45) is 0. The van der Waals surface area contributed by atoms with E-state index in [4.69, 9.17) is 4.74 Å². The highest BCUT2D eigenvalue weighted by molar-refractivity contribution is 6.36. The number of benzene rings is 2. The third-order valence-corrected chi connectivity index (χ3v) is 4.33. The van der Waals surface area contributed by atoms with Crippen molar-refractivity contribution < 1.29 is 14.3 Å². The summed E-state index contributed by atoms with van der Waals surface area (Å²) >= 11 is 0. The van der Waals surface area contributed by atoms with Crippen LogP contribution < -0.4 is 10.1 Å². The summed E-state index contributed by atoms with van der Waals surface area (Å²) < 4.78 is 5.16. The fourth-order valence-corrected chi connectivity index (χ4v) is 2.94. The van der Waals surface area contributed by atoms with Crippen LogP contribution in [0.15, 0.2) is 54.2 Å². The Balaban J connectivity index is 2.05. The number of imide groups is 1. The van der Waals surface area contributed by atoms with E-state index in [1.54, 1.807) is 19.2 Å². The molecule has 0 spiro atoms. The van der Waals surface area contributed by atoms with Gasteiger partial charge >= 0.3 is 0 Å². The number of amides is 2. The Kier molecular flexibility index (Phi) is 4.80. The van der Waals surface area contributed by atoms with E-state index >= 15 is 0 Å². The number of carbonyl (C=O) groups is 2. The van der Waals surface area contributed by atoms with E-state index in [0.29, 0.717) is 11.3 Å². The quantitative estimate of drug-likeness (QED) is 0.837. The van der Waals surface area contributed by atoms with Gasteiger partial charge in [0.15, 0.2) is 0 Å². The molecule has 2 aromatic rings. The van der Waals surface area contributed by atoms with Crippen LogP contribution in [0.3, 0.4) is 0 Å². The van der Waals surface area contributed by atoms with Gasteiger partial charge in [-0.25, -0.2) is 0 Å². The molecule has 0 bridgehead atoms. The first-order valence-corrected chi connectivity index (χ1v) is 8.52. The minimum atomic E-state index is -0.309. The second kappa shape index (κ2) is 7.04. The van der Waals surface area contributed by atoms with Crippen LogP contribution in [0.5, 0.6) is 5.75 Å². The number of methoxy groups -OCH3 is 1. The highest BCUT2D eigenvalue weighted by Crippen LogP contribution is 2.32. The minimum Gasteiger partial charge on any atom is -0.497 e. The van der Waals surface area contributed by atoms with Gasteiger partial charge in [0.1, 0.15) is 11.4 Å². The predicted octanol–water partition coefficient (Wildman–Crippen LogP) is 3.60. The van der Waals surface area contributed by atoms with Crippen molar-refractivity contribution in [2.24, 2.45) is 0 Å². The Hall–Kier alpha value is -3.08. The number of nitrogens with one attached hydrogen (secondary N) is 1. The molecular weight excluding hydrogens is 328 g/mol. The molecule has 1 aliphatic rings. The molecule has 2 amide bonds. The van der Waals surface area contributed by atoms with Gasteiger partial charge in [-0.15, -0.1) is 0 Å². The Morgan fingerprint density at radius 2 is 1.54 bits per heavy atom. The number of aryl methyl sites for hydroxylation is 1. The lowest BCUT2D eigenvalue weighted by Gasteiger charge is -2.19. The molecule has 3 rings (SSSR count). The Labute approximate surface area is 153 Å². The van der Waals surface area contributed by atoms with Crippen LogP contribution >= 0.6 is 0 Å². The van der Waals surface area contributed by atoms with Gasteiger partial charge in [-0.1, -0.05) is 29.8 Å². The van der Waals surface area contributed by atoms with Crippen molar-refractivity contribution in [2.45, 2.75) is 26.8 Å². The van der Waals surface area contributed by atoms with E-state index in [1.807, 2.05) is 57.2 Å². The van der Waals surface area contributed by atoms with Crippen molar-refractivity contribution in [1.29, 1.82) is 0 Å². The lowest BCUT2D eigenvalue weighted by molar-refractivity contribution is -0.138. The molecule has 134 valence electrons. The summed E-state index contributed by atoms with van der Waals surface area (Å²) in [4.78, 5) is 27.1. The van der Waals surface area contributed by atoms with Crippen LogP contribution in [0.4, 0.5) is 5.69 Å². The summed E-state index contributed by atoms with van der Waals surface area (Å²) in [7, 11) is 1.60. The van der Waals surface area contributed by atoms with Crippen LogP contribution in [0.25, 0.3) is 5.57 Å². The fourth-order valence-electron chi connectivity index (χ4n) is 2.94. The second-order valence-electron chi connectivity index (χ2n) is 6.54.